The fourth-order valence-corrected chi connectivity index (χ4v) is 3.30. The first-order valence-electron chi connectivity index (χ1n) is 6.47. The molecule has 0 spiro atoms. The molecule has 1 saturated heterocycles. The number of primary amides is 1. The van der Waals surface area contributed by atoms with E-state index < -0.39 is 5.91 Å². The Balaban J connectivity index is 2.18. The molecule has 0 aromatic carbocycles. The number of carbonyl (C=O) groups excluding carboxylic acids is 2. The Morgan fingerprint density at radius 2 is 2.05 bits per heavy atom. The highest BCUT2D eigenvalue weighted by atomic mass is 32.1. The first kappa shape index (κ1) is 14.0. The molecule has 0 saturated carbocycles. The first-order valence-corrected chi connectivity index (χ1v) is 7.28. The number of carbonyl (C=O) groups is 2. The zero-order valence-electron chi connectivity index (χ0n) is 11.0. The Morgan fingerprint density at radius 3 is 2.63 bits per heavy atom. The molecule has 1 aromatic rings. The van der Waals surface area contributed by atoms with Gasteiger partial charge in [0.05, 0.1) is 9.75 Å². The maximum atomic E-state index is 12.5. The number of amides is 2. The summed E-state index contributed by atoms with van der Waals surface area (Å²) in [6.07, 6.45) is 3.05. The van der Waals surface area contributed by atoms with Gasteiger partial charge in [-0.15, -0.1) is 11.3 Å². The molecule has 1 aliphatic heterocycles. The molecule has 6 heteroatoms. The Morgan fingerprint density at radius 1 is 1.37 bits per heavy atom. The number of nitrogens with two attached hydrogens (primary N) is 2. The molecule has 0 bridgehead atoms. The molecule has 1 aromatic heterocycles. The fourth-order valence-electron chi connectivity index (χ4n) is 2.48. The van der Waals surface area contributed by atoms with Crippen LogP contribution in [0.3, 0.4) is 0 Å². The number of nitrogens with zero attached hydrogens (tertiary/aromatic N) is 1. The number of hydrogen-bond donors (Lipinski definition) is 2. The third-order valence-electron chi connectivity index (χ3n) is 3.48. The third kappa shape index (κ3) is 2.96. The zero-order valence-corrected chi connectivity index (χ0v) is 11.8. The summed E-state index contributed by atoms with van der Waals surface area (Å²) >= 11 is 1.15. The molecule has 19 heavy (non-hydrogen) atoms. The summed E-state index contributed by atoms with van der Waals surface area (Å²) in [7, 11) is 0. The minimum atomic E-state index is -0.494. The minimum absolute atomic E-state index is 0.0418. The van der Waals surface area contributed by atoms with Crippen molar-refractivity contribution in [1.82, 2.24) is 4.90 Å². The van der Waals surface area contributed by atoms with Gasteiger partial charge in [0.2, 0.25) is 0 Å². The molecule has 2 atom stereocenters. The predicted octanol–water partition coefficient (Wildman–Crippen LogP) is 1.19. The van der Waals surface area contributed by atoms with Crippen LogP contribution in [0.15, 0.2) is 12.1 Å². The van der Waals surface area contributed by atoms with Crippen molar-refractivity contribution in [1.29, 1.82) is 0 Å². The van der Waals surface area contributed by atoms with Gasteiger partial charge in [0.1, 0.15) is 0 Å². The van der Waals surface area contributed by atoms with E-state index in [1.807, 2.05) is 11.8 Å². The molecule has 1 fully saturated rings. The van der Waals surface area contributed by atoms with Crippen LogP contribution in [0.5, 0.6) is 0 Å². The van der Waals surface area contributed by atoms with Crippen molar-refractivity contribution < 1.29 is 9.59 Å². The van der Waals surface area contributed by atoms with Crippen molar-refractivity contribution in [3.8, 4) is 0 Å². The maximum Gasteiger partial charge on any atom is 0.264 e. The summed E-state index contributed by atoms with van der Waals surface area (Å²) in [5.74, 6) is -0.536. The van der Waals surface area contributed by atoms with Crippen LogP contribution >= 0.6 is 11.3 Å². The molecule has 2 heterocycles. The Bertz CT molecular complexity index is 484. The quantitative estimate of drug-likeness (QED) is 0.872. The van der Waals surface area contributed by atoms with Crippen molar-refractivity contribution >= 4 is 23.2 Å². The molecular weight excluding hydrogens is 262 g/mol. The average Bonchev–Trinajstić information content (AvgIpc) is 2.87. The van der Waals surface area contributed by atoms with Crippen molar-refractivity contribution in [3.05, 3.63) is 21.9 Å². The zero-order chi connectivity index (χ0) is 14.0. The van der Waals surface area contributed by atoms with Crippen molar-refractivity contribution in [2.24, 2.45) is 11.5 Å². The van der Waals surface area contributed by atoms with Gasteiger partial charge in [-0.3, -0.25) is 9.59 Å². The number of thiophene rings is 1. The van der Waals surface area contributed by atoms with Crippen LogP contribution < -0.4 is 11.5 Å². The van der Waals surface area contributed by atoms with E-state index in [4.69, 9.17) is 11.5 Å². The Kier molecular flexibility index (Phi) is 4.21. The fraction of sp³-hybridized carbons (Fsp3) is 0.538. The molecule has 4 N–H and O–H groups in total. The summed E-state index contributed by atoms with van der Waals surface area (Å²) in [5, 5.41) is 0. The smallest absolute Gasteiger partial charge is 0.264 e. The second kappa shape index (κ2) is 5.71. The second-order valence-corrected chi connectivity index (χ2v) is 6.03. The van der Waals surface area contributed by atoms with Gasteiger partial charge in [0.25, 0.3) is 11.8 Å². The van der Waals surface area contributed by atoms with E-state index in [-0.39, 0.29) is 18.0 Å². The van der Waals surface area contributed by atoms with Crippen LogP contribution in [0, 0.1) is 0 Å². The van der Waals surface area contributed by atoms with E-state index in [1.165, 1.54) is 0 Å². The highest BCUT2D eigenvalue weighted by molar-refractivity contribution is 7.15. The minimum Gasteiger partial charge on any atom is -0.365 e. The number of piperidine rings is 1. The lowest BCUT2D eigenvalue weighted by atomic mass is 9.97. The van der Waals surface area contributed by atoms with Gasteiger partial charge < -0.3 is 16.4 Å². The van der Waals surface area contributed by atoms with E-state index in [0.29, 0.717) is 9.75 Å². The highest BCUT2D eigenvalue weighted by Crippen LogP contribution is 2.24. The first-order chi connectivity index (χ1) is 9.00. The molecule has 2 unspecified atom stereocenters. The third-order valence-corrected chi connectivity index (χ3v) is 4.56. The van der Waals surface area contributed by atoms with Gasteiger partial charge in [-0.25, -0.2) is 0 Å². The van der Waals surface area contributed by atoms with Crippen LogP contribution in [-0.2, 0) is 0 Å². The lowest BCUT2D eigenvalue weighted by molar-refractivity contribution is 0.0589. The summed E-state index contributed by atoms with van der Waals surface area (Å²) in [6, 6.07) is 3.31. The van der Waals surface area contributed by atoms with Crippen molar-refractivity contribution in [2.45, 2.75) is 38.3 Å². The van der Waals surface area contributed by atoms with Gasteiger partial charge in [-0.1, -0.05) is 0 Å². The highest BCUT2D eigenvalue weighted by Gasteiger charge is 2.30. The molecule has 0 aliphatic carbocycles. The van der Waals surface area contributed by atoms with Gasteiger partial charge >= 0.3 is 0 Å². The topological polar surface area (TPSA) is 89.4 Å². The Hall–Kier alpha value is -1.40. The summed E-state index contributed by atoms with van der Waals surface area (Å²) < 4.78 is 0. The summed E-state index contributed by atoms with van der Waals surface area (Å²) in [4.78, 5) is 26.4. The van der Waals surface area contributed by atoms with Gasteiger partial charge in [-0.05, 0) is 38.3 Å². The Labute approximate surface area is 116 Å². The van der Waals surface area contributed by atoms with Crippen LogP contribution in [0.1, 0.15) is 45.5 Å². The molecule has 0 radical (unpaired) electrons. The summed E-state index contributed by atoms with van der Waals surface area (Å²) in [6.45, 7) is 2.66. The lowest BCUT2D eigenvalue weighted by Gasteiger charge is -2.37. The van der Waals surface area contributed by atoms with Gasteiger partial charge in [0.15, 0.2) is 0 Å². The van der Waals surface area contributed by atoms with Crippen LogP contribution in [0.4, 0.5) is 0 Å². The SMILES string of the molecule is CC(N)C1CCCCN1C(=O)c1ccc(C(N)=O)s1. The normalized spacial score (nSPS) is 21.2. The maximum absolute atomic E-state index is 12.5. The van der Waals surface area contributed by atoms with Crippen molar-refractivity contribution in [3.63, 3.8) is 0 Å². The van der Waals surface area contributed by atoms with E-state index >= 15 is 0 Å². The number of likely N-dealkylation sites (tertiary alicyclic amines) is 1. The number of hydrogen-bond acceptors (Lipinski definition) is 4. The van der Waals surface area contributed by atoms with Crippen LogP contribution in [-0.4, -0.2) is 35.3 Å². The molecule has 5 nitrogen and oxygen atoms in total. The second-order valence-electron chi connectivity index (χ2n) is 4.95. The molecular formula is C13H19N3O2S. The van der Waals surface area contributed by atoms with Gasteiger partial charge in [-0.2, -0.15) is 0 Å². The van der Waals surface area contributed by atoms with E-state index in [9.17, 15) is 9.59 Å². The number of rotatable bonds is 3. The molecule has 2 rings (SSSR count). The standard InChI is InChI=1S/C13H19N3O2S/c1-8(14)9-4-2-3-7-16(9)13(18)11-6-5-10(19-11)12(15)17/h5-6,8-9H,2-4,7,14H2,1H3,(H2,15,17). The average molecular weight is 281 g/mol. The van der Waals surface area contributed by atoms with E-state index in [0.717, 1.165) is 37.1 Å². The van der Waals surface area contributed by atoms with Gasteiger partial charge in [0, 0.05) is 18.6 Å². The van der Waals surface area contributed by atoms with Crippen molar-refractivity contribution in [2.75, 3.05) is 6.54 Å². The summed E-state index contributed by atoms with van der Waals surface area (Å²) in [5.41, 5.74) is 11.2. The molecule has 1 aliphatic rings. The monoisotopic (exact) mass is 281 g/mol. The van der Waals surface area contributed by atoms with E-state index in [2.05, 4.69) is 0 Å². The lowest BCUT2D eigenvalue weighted by Crippen LogP contribution is -2.51. The van der Waals surface area contributed by atoms with E-state index in [1.54, 1.807) is 12.1 Å². The molecule has 2 amide bonds. The van der Waals surface area contributed by atoms with Crippen LogP contribution in [0.2, 0.25) is 0 Å². The van der Waals surface area contributed by atoms with Crippen LogP contribution in [0.25, 0.3) is 0 Å². The largest absolute Gasteiger partial charge is 0.365 e. The predicted molar refractivity (Wildman–Crippen MR) is 75.2 cm³/mol. The molecule has 104 valence electrons.